The fraction of sp³-hybridized carbons (Fsp3) is 0.500. The van der Waals surface area contributed by atoms with Gasteiger partial charge in [-0.15, -0.1) is 0 Å². The van der Waals surface area contributed by atoms with Crippen LogP contribution >= 0.6 is 0 Å². The van der Waals surface area contributed by atoms with E-state index in [4.69, 9.17) is 0 Å². The molecule has 2 heterocycles. The minimum atomic E-state index is 0.0203. The SMILES string of the molecule is C[NH+]1CCC(NC(=O)c2ccncc2)CC1. The maximum atomic E-state index is 11.8. The van der Waals surface area contributed by atoms with Gasteiger partial charge in [0.25, 0.3) is 5.91 Å². The van der Waals surface area contributed by atoms with E-state index in [1.54, 1.807) is 29.4 Å². The number of quaternary nitrogens is 1. The Morgan fingerprint density at radius 1 is 1.38 bits per heavy atom. The van der Waals surface area contributed by atoms with Crippen LogP contribution in [-0.4, -0.2) is 37.1 Å². The zero-order valence-corrected chi connectivity index (χ0v) is 9.57. The lowest BCUT2D eigenvalue weighted by molar-refractivity contribution is -0.884. The normalized spacial score (nSPS) is 25.1. The van der Waals surface area contributed by atoms with Gasteiger partial charge in [0.2, 0.25) is 0 Å². The Balaban J connectivity index is 1.88. The number of carbonyl (C=O) groups excluding carboxylic acids is 1. The van der Waals surface area contributed by atoms with Gasteiger partial charge in [0.1, 0.15) is 0 Å². The summed E-state index contributed by atoms with van der Waals surface area (Å²) >= 11 is 0. The van der Waals surface area contributed by atoms with Crippen LogP contribution in [0.25, 0.3) is 0 Å². The quantitative estimate of drug-likeness (QED) is 0.705. The number of likely N-dealkylation sites (tertiary alicyclic amines) is 1. The summed E-state index contributed by atoms with van der Waals surface area (Å²) in [6.45, 7) is 2.28. The molecule has 16 heavy (non-hydrogen) atoms. The van der Waals surface area contributed by atoms with Crippen LogP contribution in [0.15, 0.2) is 24.5 Å². The van der Waals surface area contributed by atoms with Crippen molar-refractivity contribution in [3.63, 3.8) is 0 Å². The zero-order chi connectivity index (χ0) is 11.4. The van der Waals surface area contributed by atoms with E-state index in [1.807, 2.05) is 0 Å². The van der Waals surface area contributed by atoms with Gasteiger partial charge >= 0.3 is 0 Å². The second-order valence-corrected chi connectivity index (χ2v) is 4.44. The summed E-state index contributed by atoms with van der Waals surface area (Å²) in [6.07, 6.45) is 5.44. The highest BCUT2D eigenvalue weighted by atomic mass is 16.1. The predicted octanol–water partition coefficient (Wildman–Crippen LogP) is -0.511. The molecular formula is C12H18N3O+. The van der Waals surface area contributed by atoms with Crippen LogP contribution in [0.1, 0.15) is 23.2 Å². The third-order valence-electron chi connectivity index (χ3n) is 3.12. The summed E-state index contributed by atoms with van der Waals surface area (Å²) in [4.78, 5) is 17.3. The highest BCUT2D eigenvalue weighted by Crippen LogP contribution is 2.02. The minimum Gasteiger partial charge on any atom is -0.349 e. The van der Waals surface area contributed by atoms with Crippen LogP contribution in [0.2, 0.25) is 0 Å². The molecule has 1 aliphatic rings. The van der Waals surface area contributed by atoms with Crippen LogP contribution in [0.4, 0.5) is 0 Å². The first-order valence-electron chi connectivity index (χ1n) is 5.78. The van der Waals surface area contributed by atoms with Crippen LogP contribution in [0.3, 0.4) is 0 Å². The van der Waals surface area contributed by atoms with Crippen LogP contribution in [0, 0.1) is 0 Å². The van der Waals surface area contributed by atoms with Gasteiger partial charge in [-0.25, -0.2) is 0 Å². The van der Waals surface area contributed by atoms with Crippen molar-refractivity contribution in [3.8, 4) is 0 Å². The molecule has 1 saturated heterocycles. The lowest BCUT2D eigenvalue weighted by atomic mass is 10.1. The number of hydrogen-bond acceptors (Lipinski definition) is 2. The number of pyridine rings is 1. The summed E-state index contributed by atoms with van der Waals surface area (Å²) < 4.78 is 0. The van der Waals surface area contributed by atoms with Gasteiger partial charge in [0.15, 0.2) is 0 Å². The van der Waals surface area contributed by atoms with Crippen molar-refractivity contribution in [2.24, 2.45) is 0 Å². The molecular weight excluding hydrogens is 202 g/mol. The maximum Gasteiger partial charge on any atom is 0.251 e. The van der Waals surface area contributed by atoms with Crippen molar-refractivity contribution in [1.82, 2.24) is 10.3 Å². The molecule has 0 bridgehead atoms. The Bertz CT molecular complexity index is 345. The predicted molar refractivity (Wildman–Crippen MR) is 61.3 cm³/mol. The maximum absolute atomic E-state index is 11.8. The van der Waals surface area contributed by atoms with E-state index in [1.165, 1.54) is 0 Å². The van der Waals surface area contributed by atoms with Crippen molar-refractivity contribution < 1.29 is 9.69 Å². The van der Waals surface area contributed by atoms with E-state index in [0.29, 0.717) is 11.6 Å². The fourth-order valence-corrected chi connectivity index (χ4v) is 2.03. The summed E-state index contributed by atoms with van der Waals surface area (Å²) in [7, 11) is 2.20. The third kappa shape index (κ3) is 2.79. The molecule has 0 spiro atoms. The second-order valence-electron chi connectivity index (χ2n) is 4.44. The van der Waals surface area contributed by atoms with Crippen molar-refractivity contribution in [3.05, 3.63) is 30.1 Å². The average Bonchev–Trinajstić information content (AvgIpc) is 2.33. The molecule has 1 aromatic rings. The van der Waals surface area contributed by atoms with Gasteiger partial charge < -0.3 is 10.2 Å². The molecule has 0 saturated carbocycles. The molecule has 0 atom stereocenters. The highest BCUT2D eigenvalue weighted by Gasteiger charge is 2.21. The molecule has 0 aliphatic carbocycles. The molecule has 4 heteroatoms. The number of aromatic nitrogens is 1. The Morgan fingerprint density at radius 3 is 2.62 bits per heavy atom. The highest BCUT2D eigenvalue weighted by molar-refractivity contribution is 5.94. The van der Waals surface area contributed by atoms with Gasteiger partial charge in [-0.2, -0.15) is 0 Å². The molecule has 0 unspecified atom stereocenters. The molecule has 2 rings (SSSR count). The Hall–Kier alpha value is -1.42. The lowest BCUT2D eigenvalue weighted by Crippen LogP contribution is -3.10. The van der Waals surface area contributed by atoms with Gasteiger partial charge in [-0.05, 0) is 12.1 Å². The second kappa shape index (κ2) is 5.07. The number of rotatable bonds is 2. The summed E-state index contributed by atoms with van der Waals surface area (Å²) in [5.41, 5.74) is 0.696. The lowest BCUT2D eigenvalue weighted by Gasteiger charge is -2.27. The molecule has 86 valence electrons. The number of nitrogens with one attached hydrogen (secondary N) is 2. The van der Waals surface area contributed by atoms with Crippen molar-refractivity contribution >= 4 is 5.91 Å². The molecule has 2 N–H and O–H groups in total. The number of piperidine rings is 1. The van der Waals surface area contributed by atoms with Crippen LogP contribution in [0.5, 0.6) is 0 Å². The fourth-order valence-electron chi connectivity index (χ4n) is 2.03. The number of hydrogen-bond donors (Lipinski definition) is 2. The van der Waals surface area contributed by atoms with Crippen molar-refractivity contribution in [2.75, 3.05) is 20.1 Å². The average molecular weight is 220 g/mol. The van der Waals surface area contributed by atoms with Gasteiger partial charge in [0.05, 0.1) is 20.1 Å². The topological polar surface area (TPSA) is 46.4 Å². The minimum absolute atomic E-state index is 0.0203. The number of amides is 1. The van der Waals surface area contributed by atoms with E-state index >= 15 is 0 Å². The smallest absolute Gasteiger partial charge is 0.251 e. The first-order valence-corrected chi connectivity index (χ1v) is 5.78. The molecule has 4 nitrogen and oxygen atoms in total. The van der Waals surface area contributed by atoms with E-state index in [9.17, 15) is 4.79 Å². The van der Waals surface area contributed by atoms with Gasteiger partial charge in [-0.1, -0.05) is 0 Å². The van der Waals surface area contributed by atoms with E-state index < -0.39 is 0 Å². The third-order valence-corrected chi connectivity index (χ3v) is 3.12. The first kappa shape index (κ1) is 11.1. The standard InChI is InChI=1S/C12H17N3O/c1-15-8-4-11(5-9-15)14-12(16)10-2-6-13-7-3-10/h2-3,6-7,11H,4-5,8-9H2,1H3,(H,14,16)/p+1. The largest absolute Gasteiger partial charge is 0.349 e. The van der Waals surface area contributed by atoms with Gasteiger partial charge in [-0.3, -0.25) is 9.78 Å². The first-order chi connectivity index (χ1) is 7.75. The van der Waals surface area contributed by atoms with Crippen molar-refractivity contribution in [2.45, 2.75) is 18.9 Å². The molecule has 0 aromatic carbocycles. The molecule has 0 radical (unpaired) electrons. The number of carbonyl (C=O) groups is 1. The summed E-state index contributed by atoms with van der Waals surface area (Å²) in [6, 6.07) is 3.83. The molecule has 1 aromatic heterocycles. The van der Waals surface area contributed by atoms with Crippen LogP contribution in [-0.2, 0) is 0 Å². The summed E-state index contributed by atoms with van der Waals surface area (Å²) in [5, 5.41) is 3.08. The van der Waals surface area contributed by atoms with E-state index in [2.05, 4.69) is 17.3 Å². The Kier molecular flexibility index (Phi) is 3.51. The zero-order valence-electron chi connectivity index (χ0n) is 9.57. The molecule has 1 fully saturated rings. The van der Waals surface area contributed by atoms with Crippen molar-refractivity contribution in [1.29, 1.82) is 0 Å². The Morgan fingerprint density at radius 2 is 2.00 bits per heavy atom. The van der Waals surface area contributed by atoms with E-state index in [-0.39, 0.29) is 5.91 Å². The monoisotopic (exact) mass is 220 g/mol. The van der Waals surface area contributed by atoms with Crippen LogP contribution < -0.4 is 10.2 Å². The Labute approximate surface area is 95.7 Å². The van der Waals surface area contributed by atoms with Gasteiger partial charge in [0, 0.05) is 36.8 Å². The molecule has 1 amide bonds. The number of nitrogens with zero attached hydrogens (tertiary/aromatic N) is 1. The van der Waals surface area contributed by atoms with E-state index in [0.717, 1.165) is 25.9 Å². The molecule has 1 aliphatic heterocycles. The summed E-state index contributed by atoms with van der Waals surface area (Å²) in [5.74, 6) is 0.0203.